The number of carbonyl (C=O) groups is 3. The molecule has 0 bridgehead atoms. The third-order valence-electron chi connectivity index (χ3n) is 12.0. The van der Waals surface area contributed by atoms with E-state index in [0.717, 1.165) is 83.5 Å². The smallest absolute Gasteiger partial charge is 0.306 e. The Hall–Kier alpha value is -2.63. The Morgan fingerprint density at radius 3 is 0.953 bits per heavy atom. The molecule has 64 heavy (non-hydrogen) atoms. The van der Waals surface area contributed by atoms with Crippen molar-refractivity contribution in [2.24, 2.45) is 0 Å². The average molecular weight is 897 g/mol. The molecule has 0 amide bonds. The molecule has 0 radical (unpaired) electrons. The lowest BCUT2D eigenvalue weighted by molar-refractivity contribution is -0.167. The van der Waals surface area contributed by atoms with Crippen molar-refractivity contribution in [3.63, 3.8) is 0 Å². The van der Waals surface area contributed by atoms with Crippen LogP contribution in [0.1, 0.15) is 284 Å². The molecule has 1 unspecified atom stereocenters. The molecular formula is C58H104O6. The zero-order valence-corrected chi connectivity index (χ0v) is 42.6. The minimum atomic E-state index is -0.782. The lowest BCUT2D eigenvalue weighted by Crippen LogP contribution is -2.30. The Morgan fingerprint density at radius 2 is 0.578 bits per heavy atom. The summed E-state index contributed by atoms with van der Waals surface area (Å²) < 4.78 is 16.8. The number of ether oxygens (including phenoxy) is 3. The first-order valence-corrected chi connectivity index (χ1v) is 27.6. The predicted molar refractivity (Wildman–Crippen MR) is 275 cm³/mol. The normalized spacial score (nSPS) is 12.4. The van der Waals surface area contributed by atoms with E-state index in [0.29, 0.717) is 19.3 Å². The minimum Gasteiger partial charge on any atom is -0.462 e. The molecule has 0 aliphatic rings. The molecule has 0 saturated carbocycles. The summed E-state index contributed by atoms with van der Waals surface area (Å²) in [6.07, 6.45) is 63.8. The number of carbonyl (C=O) groups excluding carboxylic acids is 3. The summed E-state index contributed by atoms with van der Waals surface area (Å²) in [5.74, 6) is -0.898. The van der Waals surface area contributed by atoms with Crippen molar-refractivity contribution in [2.45, 2.75) is 290 Å². The van der Waals surface area contributed by atoms with Gasteiger partial charge in [0.2, 0.25) is 0 Å². The first-order chi connectivity index (χ1) is 31.5. The highest BCUT2D eigenvalue weighted by Crippen LogP contribution is 2.15. The Bertz CT molecular complexity index is 1120. The Morgan fingerprint density at radius 1 is 0.312 bits per heavy atom. The van der Waals surface area contributed by atoms with Gasteiger partial charge in [0.25, 0.3) is 0 Å². The highest BCUT2D eigenvalue weighted by atomic mass is 16.6. The highest BCUT2D eigenvalue weighted by Gasteiger charge is 2.19. The SMILES string of the molecule is CCCC/C=C\CCCCCCCC(=O)OCC(COC(=O)CCCCCCC/C=C\CCCCCCCCCCC)OC(=O)CCCCCCCCC/C=C\C/C=C\CCCCC. The third kappa shape index (κ3) is 50.4. The van der Waals surface area contributed by atoms with Crippen LogP contribution in [0.4, 0.5) is 0 Å². The van der Waals surface area contributed by atoms with Crippen LogP contribution in [-0.4, -0.2) is 37.2 Å². The molecule has 0 rings (SSSR count). The van der Waals surface area contributed by atoms with Crippen molar-refractivity contribution in [2.75, 3.05) is 13.2 Å². The van der Waals surface area contributed by atoms with Gasteiger partial charge in [0.15, 0.2) is 6.10 Å². The van der Waals surface area contributed by atoms with E-state index in [-0.39, 0.29) is 31.1 Å². The monoisotopic (exact) mass is 897 g/mol. The van der Waals surface area contributed by atoms with E-state index in [1.54, 1.807) is 0 Å². The second-order valence-electron chi connectivity index (χ2n) is 18.5. The van der Waals surface area contributed by atoms with Gasteiger partial charge in [-0.3, -0.25) is 14.4 Å². The van der Waals surface area contributed by atoms with Crippen LogP contribution in [0.25, 0.3) is 0 Å². The second kappa shape index (κ2) is 53.0. The van der Waals surface area contributed by atoms with E-state index in [2.05, 4.69) is 69.4 Å². The van der Waals surface area contributed by atoms with Crippen molar-refractivity contribution < 1.29 is 28.6 Å². The molecule has 0 aliphatic carbocycles. The highest BCUT2D eigenvalue weighted by molar-refractivity contribution is 5.71. The van der Waals surface area contributed by atoms with Crippen molar-refractivity contribution in [1.29, 1.82) is 0 Å². The summed E-state index contributed by atoms with van der Waals surface area (Å²) in [6.45, 7) is 6.58. The van der Waals surface area contributed by atoms with Crippen LogP contribution in [0.2, 0.25) is 0 Å². The summed E-state index contributed by atoms with van der Waals surface area (Å²) in [5.41, 5.74) is 0. The number of rotatable bonds is 50. The van der Waals surface area contributed by atoms with Crippen LogP contribution in [0.15, 0.2) is 48.6 Å². The van der Waals surface area contributed by atoms with Gasteiger partial charge in [0.1, 0.15) is 13.2 Å². The fourth-order valence-corrected chi connectivity index (χ4v) is 7.80. The van der Waals surface area contributed by atoms with Crippen LogP contribution in [0.3, 0.4) is 0 Å². The third-order valence-corrected chi connectivity index (χ3v) is 12.0. The van der Waals surface area contributed by atoms with Crippen molar-refractivity contribution in [1.82, 2.24) is 0 Å². The summed E-state index contributed by atoms with van der Waals surface area (Å²) >= 11 is 0. The van der Waals surface area contributed by atoms with E-state index in [1.165, 1.54) is 161 Å². The summed E-state index contributed by atoms with van der Waals surface area (Å²) in [7, 11) is 0. The first-order valence-electron chi connectivity index (χ1n) is 27.6. The standard InChI is InChI=1S/C58H104O6/c1-4-7-10-13-16-19-22-24-26-28-30-31-33-36-39-42-45-48-51-57(60)63-54-55(53-62-56(59)50-47-44-41-38-35-21-18-15-12-9-6-3)64-58(61)52-49-46-43-40-37-34-32-29-27-25-23-20-17-14-11-8-5-2/h15,17-18,20,25,27,30-31,55H,4-14,16,19,21-24,26,28-29,32-54H2,1-3H3/b18-15-,20-17-,27-25-,31-30-. The minimum absolute atomic E-state index is 0.0823. The average Bonchev–Trinajstić information content (AvgIpc) is 3.29. The van der Waals surface area contributed by atoms with E-state index in [4.69, 9.17) is 14.2 Å². The number of hydrogen-bond acceptors (Lipinski definition) is 6. The first kappa shape index (κ1) is 61.4. The fourth-order valence-electron chi connectivity index (χ4n) is 7.80. The van der Waals surface area contributed by atoms with Gasteiger partial charge < -0.3 is 14.2 Å². The molecule has 6 heteroatoms. The Labute approximate surface area is 397 Å². The summed E-state index contributed by atoms with van der Waals surface area (Å²) in [4.78, 5) is 38.0. The molecule has 0 aliphatic heterocycles. The lowest BCUT2D eigenvalue weighted by atomic mass is 10.1. The lowest BCUT2D eigenvalue weighted by Gasteiger charge is -2.18. The van der Waals surface area contributed by atoms with Crippen LogP contribution >= 0.6 is 0 Å². The van der Waals surface area contributed by atoms with Gasteiger partial charge in [-0.15, -0.1) is 0 Å². The quantitative estimate of drug-likeness (QED) is 0.0262. The number of allylic oxidation sites excluding steroid dienone is 8. The van der Waals surface area contributed by atoms with E-state index in [9.17, 15) is 14.4 Å². The molecule has 0 fully saturated rings. The molecule has 0 saturated heterocycles. The molecule has 0 aromatic carbocycles. The van der Waals surface area contributed by atoms with Gasteiger partial charge in [-0.1, -0.05) is 217 Å². The molecule has 1 atom stereocenters. The number of unbranched alkanes of at least 4 members (excludes halogenated alkanes) is 31. The molecule has 0 aromatic rings. The molecule has 0 spiro atoms. The van der Waals surface area contributed by atoms with Crippen LogP contribution in [0, 0.1) is 0 Å². The molecule has 0 heterocycles. The van der Waals surface area contributed by atoms with Crippen molar-refractivity contribution in [3.8, 4) is 0 Å². The van der Waals surface area contributed by atoms with Gasteiger partial charge in [-0.25, -0.2) is 0 Å². The van der Waals surface area contributed by atoms with Crippen LogP contribution in [0.5, 0.6) is 0 Å². The topological polar surface area (TPSA) is 78.9 Å². The Balaban J connectivity index is 4.36. The molecule has 0 aromatic heterocycles. The number of esters is 3. The Kier molecular flexibility index (Phi) is 50.8. The maximum atomic E-state index is 12.8. The van der Waals surface area contributed by atoms with Gasteiger partial charge in [-0.05, 0) is 96.3 Å². The zero-order valence-electron chi connectivity index (χ0n) is 42.6. The molecule has 0 N–H and O–H groups in total. The molecule has 372 valence electrons. The van der Waals surface area contributed by atoms with E-state index >= 15 is 0 Å². The predicted octanol–water partition coefficient (Wildman–Crippen LogP) is 18.3. The maximum Gasteiger partial charge on any atom is 0.306 e. The van der Waals surface area contributed by atoms with E-state index < -0.39 is 6.10 Å². The zero-order chi connectivity index (χ0) is 46.5. The second-order valence-corrected chi connectivity index (χ2v) is 18.5. The number of hydrogen-bond donors (Lipinski definition) is 0. The van der Waals surface area contributed by atoms with Crippen LogP contribution in [-0.2, 0) is 28.6 Å². The molecule has 6 nitrogen and oxygen atoms in total. The van der Waals surface area contributed by atoms with Crippen molar-refractivity contribution in [3.05, 3.63) is 48.6 Å². The maximum absolute atomic E-state index is 12.8. The summed E-state index contributed by atoms with van der Waals surface area (Å²) in [5, 5.41) is 0. The van der Waals surface area contributed by atoms with Gasteiger partial charge >= 0.3 is 17.9 Å². The van der Waals surface area contributed by atoms with Crippen molar-refractivity contribution >= 4 is 17.9 Å². The van der Waals surface area contributed by atoms with E-state index in [1.807, 2.05) is 0 Å². The van der Waals surface area contributed by atoms with Gasteiger partial charge in [0.05, 0.1) is 0 Å². The summed E-state index contributed by atoms with van der Waals surface area (Å²) in [6, 6.07) is 0. The largest absolute Gasteiger partial charge is 0.462 e. The molecular weight excluding hydrogens is 793 g/mol. The van der Waals surface area contributed by atoms with Gasteiger partial charge in [0, 0.05) is 19.3 Å². The van der Waals surface area contributed by atoms with Gasteiger partial charge in [-0.2, -0.15) is 0 Å². The van der Waals surface area contributed by atoms with Crippen LogP contribution < -0.4 is 0 Å². The fraction of sp³-hybridized carbons (Fsp3) is 0.810.